The van der Waals surface area contributed by atoms with Crippen LogP contribution in [-0.2, 0) is 22.3 Å². The number of rotatable bonds is 5. The monoisotopic (exact) mass is 815 g/mol. The summed E-state index contributed by atoms with van der Waals surface area (Å²) in [6, 6.07) is 7.05. The largest absolute Gasteiger partial charge is 0.478 e. The minimum absolute atomic E-state index is 0.0266. The Hall–Kier alpha value is -3.51. The average molecular weight is 816 g/mol. The molecular formula is C37H43F10N3O4S. The quantitative estimate of drug-likeness (QED) is 0.259. The number of nitrogens with zero attached hydrogens (tertiary/aromatic N) is 3. The normalized spacial score (nSPS) is 20.0. The molecule has 1 amide bonds. The number of amides is 1. The molecule has 1 spiro atoms. The lowest BCUT2D eigenvalue weighted by atomic mass is 9.78. The second-order valence-corrected chi connectivity index (χ2v) is 15.2. The van der Waals surface area contributed by atoms with Crippen molar-refractivity contribution in [1.29, 1.82) is 0 Å². The van der Waals surface area contributed by atoms with Gasteiger partial charge >= 0.3 is 18.3 Å². The third-order valence-corrected chi connectivity index (χ3v) is 11.3. The SMILES string of the molecule is CC.CN1CCC2(C1)CN(C(=O)C1(C(F)(F)F)CC1)C2.COCc1cccc(C2CCC(F)(F)CC2)c1C(=O)O.Fc1ccc2sc(C(F)(F)F)nc2c1F. The molecule has 0 unspecified atom stereocenters. The maximum atomic E-state index is 13.2. The number of aromatic carboxylic acids is 1. The molecule has 306 valence electrons. The molecule has 2 aliphatic carbocycles. The van der Waals surface area contributed by atoms with E-state index in [1.165, 1.54) is 12.0 Å². The molecule has 4 fully saturated rings. The summed E-state index contributed by atoms with van der Waals surface area (Å²) in [6.07, 6.45) is -7.78. The summed E-state index contributed by atoms with van der Waals surface area (Å²) in [5.74, 6) is -6.98. The van der Waals surface area contributed by atoms with E-state index in [1.54, 1.807) is 18.2 Å². The van der Waals surface area contributed by atoms with Crippen LogP contribution in [0.25, 0.3) is 10.2 Å². The second-order valence-electron chi connectivity index (χ2n) is 14.2. The van der Waals surface area contributed by atoms with Crippen LogP contribution in [0.5, 0.6) is 0 Å². The molecule has 3 heterocycles. The third kappa shape index (κ3) is 9.90. The van der Waals surface area contributed by atoms with Gasteiger partial charge in [0.15, 0.2) is 16.6 Å². The van der Waals surface area contributed by atoms with Crippen molar-refractivity contribution in [3.8, 4) is 0 Å². The molecule has 18 heteroatoms. The van der Waals surface area contributed by atoms with Crippen molar-refractivity contribution in [2.24, 2.45) is 10.8 Å². The molecule has 0 bridgehead atoms. The van der Waals surface area contributed by atoms with E-state index in [1.807, 2.05) is 20.9 Å². The van der Waals surface area contributed by atoms with E-state index in [-0.39, 0.29) is 65.2 Å². The molecule has 2 aromatic carbocycles. The Bertz CT molecular complexity index is 1810. The number of carboxylic acids is 1. The van der Waals surface area contributed by atoms with E-state index in [0.717, 1.165) is 31.6 Å². The van der Waals surface area contributed by atoms with Crippen LogP contribution in [0.3, 0.4) is 0 Å². The fourth-order valence-corrected chi connectivity index (χ4v) is 8.11. The van der Waals surface area contributed by atoms with Gasteiger partial charge < -0.3 is 19.6 Å². The zero-order valence-electron chi connectivity index (χ0n) is 30.7. The summed E-state index contributed by atoms with van der Waals surface area (Å²) in [5, 5.41) is 8.22. The molecule has 2 aliphatic heterocycles. The maximum Gasteiger partial charge on any atom is 0.443 e. The number of carbonyl (C=O) groups is 2. The number of halogens is 10. The molecular weight excluding hydrogens is 772 g/mol. The molecule has 4 aliphatic rings. The van der Waals surface area contributed by atoms with Gasteiger partial charge in [-0.2, -0.15) is 26.3 Å². The minimum Gasteiger partial charge on any atom is -0.478 e. The number of fused-ring (bicyclic) bond motifs is 1. The summed E-state index contributed by atoms with van der Waals surface area (Å²) in [5.41, 5.74) is -1.07. The van der Waals surface area contributed by atoms with Crippen molar-refractivity contribution in [2.75, 3.05) is 40.3 Å². The summed E-state index contributed by atoms with van der Waals surface area (Å²) < 4.78 is 132. The first-order valence-corrected chi connectivity index (χ1v) is 18.5. The number of benzene rings is 2. The van der Waals surface area contributed by atoms with Gasteiger partial charge in [0.25, 0.3) is 0 Å². The predicted octanol–water partition coefficient (Wildman–Crippen LogP) is 9.94. The van der Waals surface area contributed by atoms with Crippen LogP contribution in [0.2, 0.25) is 0 Å². The first-order chi connectivity index (χ1) is 25.6. The number of ether oxygens (including phenoxy) is 1. The van der Waals surface area contributed by atoms with Crippen LogP contribution in [0, 0.1) is 22.5 Å². The number of likely N-dealkylation sites (tertiary alicyclic amines) is 2. The maximum absolute atomic E-state index is 13.2. The lowest BCUT2D eigenvalue weighted by molar-refractivity contribution is -0.204. The van der Waals surface area contributed by atoms with Gasteiger partial charge in [-0.1, -0.05) is 32.0 Å². The Morgan fingerprint density at radius 2 is 1.56 bits per heavy atom. The highest BCUT2D eigenvalue weighted by atomic mass is 32.1. The average Bonchev–Trinajstić information content (AvgIpc) is 3.66. The van der Waals surface area contributed by atoms with Crippen LogP contribution in [-0.4, -0.2) is 84.2 Å². The molecule has 7 rings (SSSR count). The van der Waals surface area contributed by atoms with Crippen molar-refractivity contribution >= 4 is 33.4 Å². The van der Waals surface area contributed by atoms with Crippen molar-refractivity contribution in [3.05, 3.63) is 63.7 Å². The highest BCUT2D eigenvalue weighted by Crippen LogP contribution is 2.60. The van der Waals surface area contributed by atoms with Crippen LogP contribution in [0.4, 0.5) is 43.9 Å². The van der Waals surface area contributed by atoms with E-state index in [4.69, 9.17) is 4.74 Å². The Morgan fingerprint density at radius 1 is 0.945 bits per heavy atom. The minimum atomic E-state index is -4.63. The standard InChI is InChI=1S/C15H18F2O3.C12H17F3N2O.C8H2F5NS.C2H6/c1-20-9-11-3-2-4-12(13(11)14(18)19)10-5-7-15(16,17)8-6-10;1-16-5-4-10(6-16)7-17(8-10)9(18)11(2-3-11)12(13,14)15;9-3-1-2-4-6(5(3)10)14-7(15-4)8(11,12)13;1-2/h2-4,10H,5-9H2,1H3,(H,18,19);2-8H2,1H3;1-2H;1-2H3. The number of alkyl halides is 8. The van der Waals surface area contributed by atoms with Crippen LogP contribution >= 0.6 is 11.3 Å². The fourth-order valence-electron chi connectivity index (χ4n) is 7.28. The van der Waals surface area contributed by atoms with Gasteiger partial charge in [0.05, 0.1) is 16.9 Å². The van der Waals surface area contributed by atoms with Crippen molar-refractivity contribution in [1.82, 2.24) is 14.8 Å². The number of thiazole rings is 1. The number of carboxylic acid groups (broad SMARTS) is 1. The van der Waals surface area contributed by atoms with E-state index in [0.29, 0.717) is 37.1 Å². The molecule has 1 N–H and O–H groups in total. The zero-order valence-corrected chi connectivity index (χ0v) is 31.5. The molecule has 7 nitrogen and oxygen atoms in total. The van der Waals surface area contributed by atoms with E-state index in [2.05, 4.69) is 9.88 Å². The lowest BCUT2D eigenvalue weighted by Gasteiger charge is -2.49. The Morgan fingerprint density at radius 3 is 2.05 bits per heavy atom. The Labute approximate surface area is 315 Å². The van der Waals surface area contributed by atoms with Crippen LogP contribution < -0.4 is 0 Å². The van der Waals surface area contributed by atoms with Gasteiger partial charge in [0, 0.05) is 45.0 Å². The summed E-state index contributed by atoms with van der Waals surface area (Å²) in [6.45, 7) is 7.10. The van der Waals surface area contributed by atoms with Crippen LogP contribution in [0.15, 0.2) is 30.3 Å². The molecule has 2 saturated carbocycles. The van der Waals surface area contributed by atoms with Gasteiger partial charge in [-0.25, -0.2) is 27.3 Å². The molecule has 0 radical (unpaired) electrons. The second kappa shape index (κ2) is 16.9. The number of aromatic nitrogens is 1. The highest BCUT2D eigenvalue weighted by Gasteiger charge is 2.70. The van der Waals surface area contributed by atoms with Crippen molar-refractivity contribution in [3.63, 3.8) is 0 Å². The lowest BCUT2D eigenvalue weighted by Crippen LogP contribution is -2.62. The topological polar surface area (TPSA) is 83.0 Å². The molecule has 3 aromatic rings. The number of hydrogen-bond acceptors (Lipinski definition) is 6. The summed E-state index contributed by atoms with van der Waals surface area (Å²) in [7, 11) is 3.51. The van der Waals surface area contributed by atoms with Crippen molar-refractivity contribution < 1.29 is 63.3 Å². The number of carbonyl (C=O) groups excluding carboxylic acids is 1. The van der Waals surface area contributed by atoms with Gasteiger partial charge in [-0.05, 0) is 74.9 Å². The summed E-state index contributed by atoms with van der Waals surface area (Å²) >= 11 is 0.284. The van der Waals surface area contributed by atoms with Crippen LogP contribution in [0.1, 0.15) is 91.2 Å². The third-order valence-electron chi connectivity index (χ3n) is 10.2. The Kier molecular flexibility index (Phi) is 13.6. The van der Waals surface area contributed by atoms with Gasteiger partial charge in [0.2, 0.25) is 11.8 Å². The predicted molar refractivity (Wildman–Crippen MR) is 185 cm³/mol. The number of hydrogen-bond donors (Lipinski definition) is 1. The molecule has 2 saturated heterocycles. The first-order valence-electron chi connectivity index (χ1n) is 17.7. The Balaban J connectivity index is 0.000000181. The van der Waals surface area contributed by atoms with Gasteiger partial charge in [0.1, 0.15) is 10.9 Å². The highest BCUT2D eigenvalue weighted by molar-refractivity contribution is 7.18. The smallest absolute Gasteiger partial charge is 0.443 e. The van der Waals surface area contributed by atoms with Crippen molar-refractivity contribution in [2.45, 2.75) is 89.6 Å². The molecule has 1 aromatic heterocycles. The zero-order chi connectivity index (χ0) is 41.1. The van der Waals surface area contributed by atoms with E-state index < -0.39 is 57.7 Å². The van der Waals surface area contributed by atoms with Gasteiger partial charge in [-0.15, -0.1) is 11.3 Å². The van der Waals surface area contributed by atoms with Gasteiger partial charge in [-0.3, -0.25) is 4.79 Å². The molecule has 55 heavy (non-hydrogen) atoms. The van der Waals surface area contributed by atoms with E-state index in [9.17, 15) is 58.6 Å². The van der Waals surface area contributed by atoms with E-state index >= 15 is 0 Å². The first kappa shape index (κ1) is 44.2. The summed E-state index contributed by atoms with van der Waals surface area (Å²) in [4.78, 5) is 30.1. The molecule has 0 atom stereocenters. The fraction of sp³-hybridized carbons (Fsp3) is 0.595. The number of methoxy groups -OCH3 is 1.